The molecular formula is C17H14Cl2N4O. The Morgan fingerprint density at radius 1 is 1.29 bits per heavy atom. The predicted octanol–water partition coefficient (Wildman–Crippen LogP) is 3.92. The lowest BCUT2D eigenvalue weighted by atomic mass is 10.1. The average molecular weight is 361 g/mol. The first-order valence-electron chi connectivity index (χ1n) is 7.48. The number of amides is 1. The number of carbonyl (C=O) groups is 1. The van der Waals surface area contributed by atoms with Gasteiger partial charge in [0.05, 0.1) is 11.1 Å². The van der Waals surface area contributed by atoms with Crippen LogP contribution >= 0.6 is 23.2 Å². The third-order valence-electron chi connectivity index (χ3n) is 4.43. The molecule has 1 aliphatic rings. The molecular weight excluding hydrogens is 347 g/mol. The van der Waals surface area contributed by atoms with E-state index in [1.165, 1.54) is 0 Å². The second kappa shape index (κ2) is 5.19. The summed E-state index contributed by atoms with van der Waals surface area (Å²) in [5, 5.41) is 2.86. The lowest BCUT2D eigenvalue weighted by Crippen LogP contribution is -2.25. The number of benzene rings is 1. The average Bonchev–Trinajstić information content (AvgIpc) is 2.92. The zero-order chi connectivity index (χ0) is 16.9. The van der Waals surface area contributed by atoms with Gasteiger partial charge in [-0.05, 0) is 31.5 Å². The first-order chi connectivity index (χ1) is 11.4. The summed E-state index contributed by atoms with van der Waals surface area (Å²) in [6.07, 6.45) is 5.98. The van der Waals surface area contributed by atoms with E-state index >= 15 is 0 Å². The second-order valence-corrected chi connectivity index (χ2v) is 7.68. The van der Waals surface area contributed by atoms with E-state index in [9.17, 15) is 4.79 Å². The van der Waals surface area contributed by atoms with Gasteiger partial charge in [0.15, 0.2) is 0 Å². The summed E-state index contributed by atoms with van der Waals surface area (Å²) >= 11 is 12.1. The van der Waals surface area contributed by atoms with Gasteiger partial charge in [0, 0.05) is 29.8 Å². The third-order valence-corrected chi connectivity index (χ3v) is 5.53. The van der Waals surface area contributed by atoms with Crippen molar-refractivity contribution in [1.29, 1.82) is 0 Å². The van der Waals surface area contributed by atoms with Crippen molar-refractivity contribution in [1.82, 2.24) is 14.4 Å². The van der Waals surface area contributed by atoms with Crippen LogP contribution in [0.4, 0.5) is 5.69 Å². The summed E-state index contributed by atoms with van der Waals surface area (Å²) in [6.45, 7) is 1.76. The molecule has 1 N–H and O–H groups in total. The Balaban J connectivity index is 1.54. The van der Waals surface area contributed by atoms with Crippen LogP contribution in [0.15, 0.2) is 48.9 Å². The van der Waals surface area contributed by atoms with Crippen molar-refractivity contribution in [3.63, 3.8) is 0 Å². The Hall–Kier alpha value is -2.11. The van der Waals surface area contributed by atoms with Gasteiger partial charge >= 0.3 is 0 Å². The van der Waals surface area contributed by atoms with Crippen molar-refractivity contribution < 1.29 is 4.79 Å². The molecule has 0 unspecified atom stereocenters. The molecule has 0 bridgehead atoms. The number of fused-ring (bicyclic) bond motifs is 1. The summed E-state index contributed by atoms with van der Waals surface area (Å²) < 4.78 is 0.889. The number of anilines is 1. The smallest absolute Gasteiger partial charge is 0.234 e. The van der Waals surface area contributed by atoms with E-state index in [4.69, 9.17) is 23.2 Å². The molecule has 3 aromatic rings. The number of hydrogen-bond acceptors (Lipinski definition) is 3. The van der Waals surface area contributed by atoms with Gasteiger partial charge in [-0.1, -0.05) is 12.1 Å². The molecule has 24 heavy (non-hydrogen) atoms. The third kappa shape index (κ3) is 2.44. The zero-order valence-corrected chi connectivity index (χ0v) is 14.3. The fraction of sp³-hybridized carbons (Fsp3) is 0.235. The molecule has 0 spiro atoms. The van der Waals surface area contributed by atoms with Crippen LogP contribution in [0, 0.1) is 5.41 Å². The maximum Gasteiger partial charge on any atom is 0.234 e. The highest BCUT2D eigenvalue weighted by Gasteiger charge is 2.67. The summed E-state index contributed by atoms with van der Waals surface area (Å²) in [5.41, 5.74) is 1.73. The van der Waals surface area contributed by atoms with Crippen LogP contribution in [0.25, 0.3) is 17.0 Å². The molecule has 4 rings (SSSR count). The lowest BCUT2D eigenvalue weighted by molar-refractivity contribution is -0.120. The monoisotopic (exact) mass is 360 g/mol. The summed E-state index contributed by atoms with van der Waals surface area (Å²) in [5.74, 6) is 0.476. The van der Waals surface area contributed by atoms with Crippen molar-refractivity contribution in [2.24, 2.45) is 5.41 Å². The summed E-state index contributed by atoms with van der Waals surface area (Å²) in [6, 6.07) is 9.33. The molecule has 5 nitrogen and oxygen atoms in total. The number of hydrogen-bond donors (Lipinski definition) is 1. The van der Waals surface area contributed by atoms with Crippen molar-refractivity contribution in [2.45, 2.75) is 17.7 Å². The van der Waals surface area contributed by atoms with Crippen molar-refractivity contribution in [2.75, 3.05) is 5.32 Å². The predicted molar refractivity (Wildman–Crippen MR) is 94.2 cm³/mol. The van der Waals surface area contributed by atoms with Crippen LogP contribution in [-0.4, -0.2) is 24.6 Å². The van der Waals surface area contributed by atoms with E-state index in [2.05, 4.69) is 15.3 Å². The van der Waals surface area contributed by atoms with E-state index in [1.807, 2.05) is 47.1 Å². The van der Waals surface area contributed by atoms with Crippen LogP contribution in [0.2, 0.25) is 0 Å². The van der Waals surface area contributed by atoms with Gasteiger partial charge in [0.2, 0.25) is 11.7 Å². The molecule has 1 amide bonds. The zero-order valence-electron chi connectivity index (χ0n) is 12.8. The fourth-order valence-corrected chi connectivity index (χ4v) is 3.31. The SMILES string of the molecule is C[C@@]1(C(=O)Nc2ccc(-c3cn4cccnc4n3)cc2)CC1(Cl)Cl. The second-order valence-electron chi connectivity index (χ2n) is 6.20. The fourth-order valence-electron chi connectivity index (χ4n) is 2.61. The van der Waals surface area contributed by atoms with Gasteiger partial charge < -0.3 is 5.32 Å². The number of nitrogens with one attached hydrogen (secondary N) is 1. The minimum Gasteiger partial charge on any atom is -0.326 e. The lowest BCUT2D eigenvalue weighted by Gasteiger charge is -2.12. The molecule has 1 aromatic carbocycles. The van der Waals surface area contributed by atoms with Crippen LogP contribution in [-0.2, 0) is 4.79 Å². The quantitative estimate of drug-likeness (QED) is 0.720. The number of rotatable bonds is 3. The van der Waals surface area contributed by atoms with Crippen molar-refractivity contribution >= 4 is 40.6 Å². The van der Waals surface area contributed by atoms with Gasteiger partial charge in [-0.15, -0.1) is 23.2 Å². The minimum atomic E-state index is -0.972. The topological polar surface area (TPSA) is 59.3 Å². The highest BCUT2D eigenvalue weighted by atomic mass is 35.5. The maximum atomic E-state index is 12.3. The normalized spacial score (nSPS) is 21.6. The highest BCUT2D eigenvalue weighted by molar-refractivity contribution is 6.53. The minimum absolute atomic E-state index is 0.169. The standard InChI is InChI=1S/C17H14Cl2N4O/c1-16(10-17(16,18)19)14(24)21-12-5-3-11(4-6-12)13-9-23-8-2-7-20-15(23)22-13/h2-9H,10H2,1H3,(H,21,24)/t16-/m0/s1. The van der Waals surface area contributed by atoms with E-state index in [-0.39, 0.29) is 5.91 Å². The first kappa shape index (κ1) is 15.4. The van der Waals surface area contributed by atoms with Gasteiger partial charge in [0.1, 0.15) is 4.33 Å². The number of alkyl halides is 2. The Kier molecular flexibility index (Phi) is 3.34. The van der Waals surface area contributed by atoms with Gasteiger partial charge in [-0.2, -0.15) is 0 Å². The molecule has 1 atom stereocenters. The Labute approximate surface area is 148 Å². The molecule has 2 heterocycles. The van der Waals surface area contributed by atoms with Crippen LogP contribution < -0.4 is 5.32 Å². The van der Waals surface area contributed by atoms with Crippen molar-refractivity contribution in [3.8, 4) is 11.3 Å². The van der Waals surface area contributed by atoms with E-state index in [0.717, 1.165) is 11.3 Å². The van der Waals surface area contributed by atoms with Crippen LogP contribution in [0.5, 0.6) is 0 Å². The number of carbonyl (C=O) groups excluding carboxylic acids is 1. The van der Waals surface area contributed by atoms with Crippen molar-refractivity contribution in [3.05, 3.63) is 48.9 Å². The first-order valence-corrected chi connectivity index (χ1v) is 8.24. The molecule has 0 aliphatic heterocycles. The molecule has 2 aromatic heterocycles. The number of halogens is 2. The number of aromatic nitrogens is 3. The summed E-state index contributed by atoms with van der Waals surface area (Å²) in [7, 11) is 0. The molecule has 1 fully saturated rings. The molecule has 122 valence electrons. The molecule has 1 saturated carbocycles. The molecule has 7 heteroatoms. The number of imidazole rings is 1. The number of nitrogens with zero attached hydrogens (tertiary/aromatic N) is 3. The molecule has 0 radical (unpaired) electrons. The van der Waals surface area contributed by atoms with Gasteiger partial charge in [-0.3, -0.25) is 9.20 Å². The molecule has 0 saturated heterocycles. The van der Waals surface area contributed by atoms with Crippen LogP contribution in [0.3, 0.4) is 0 Å². The Bertz CT molecular complexity index is 902. The molecule has 1 aliphatic carbocycles. The van der Waals surface area contributed by atoms with Gasteiger partial charge in [-0.25, -0.2) is 9.97 Å². The van der Waals surface area contributed by atoms with E-state index in [1.54, 1.807) is 13.1 Å². The van der Waals surface area contributed by atoms with E-state index < -0.39 is 9.75 Å². The Morgan fingerprint density at radius 3 is 2.62 bits per heavy atom. The van der Waals surface area contributed by atoms with E-state index in [0.29, 0.717) is 17.9 Å². The highest BCUT2D eigenvalue weighted by Crippen LogP contribution is 2.64. The van der Waals surface area contributed by atoms with Crippen LogP contribution in [0.1, 0.15) is 13.3 Å². The van der Waals surface area contributed by atoms with Gasteiger partial charge in [0.25, 0.3) is 0 Å². The maximum absolute atomic E-state index is 12.3. The summed E-state index contributed by atoms with van der Waals surface area (Å²) in [4.78, 5) is 21.0. The largest absolute Gasteiger partial charge is 0.326 e. The Morgan fingerprint density at radius 2 is 2.00 bits per heavy atom.